The Hall–Kier alpha value is -2.41. The number of nitrogens with one attached hydrogen (secondary N) is 1. The SMILES string of the molecule is CC(C)(C)OC(=O)NCc1cnc2c(c1)C(Cl)=CC2.NCc1cnc2c(c1)C(Cl)=CC2. The van der Waals surface area contributed by atoms with Gasteiger partial charge in [0.15, 0.2) is 0 Å². The number of halogens is 2. The first-order valence-corrected chi connectivity index (χ1v) is 10.8. The van der Waals surface area contributed by atoms with Crippen LogP contribution in [0.4, 0.5) is 4.79 Å². The first-order valence-electron chi connectivity index (χ1n) is 10.0. The van der Waals surface area contributed by atoms with E-state index in [1.807, 2.05) is 51.3 Å². The van der Waals surface area contributed by atoms with Gasteiger partial charge in [0.25, 0.3) is 0 Å². The van der Waals surface area contributed by atoms with Crippen LogP contribution in [0.15, 0.2) is 36.7 Å². The fourth-order valence-corrected chi connectivity index (χ4v) is 3.58. The van der Waals surface area contributed by atoms with Gasteiger partial charge >= 0.3 is 6.09 Å². The van der Waals surface area contributed by atoms with Gasteiger partial charge in [-0.15, -0.1) is 0 Å². The Morgan fingerprint density at radius 2 is 1.55 bits per heavy atom. The molecule has 2 aromatic rings. The third-order valence-corrected chi connectivity index (χ3v) is 5.30. The minimum Gasteiger partial charge on any atom is -0.444 e. The Morgan fingerprint density at radius 1 is 1.03 bits per heavy atom. The molecule has 0 saturated heterocycles. The van der Waals surface area contributed by atoms with E-state index in [0.717, 1.165) is 56.5 Å². The fraction of sp³-hybridized carbons (Fsp3) is 0.348. The summed E-state index contributed by atoms with van der Waals surface area (Å²) in [7, 11) is 0. The van der Waals surface area contributed by atoms with Gasteiger partial charge in [-0.25, -0.2) is 4.79 Å². The second kappa shape index (κ2) is 9.81. The van der Waals surface area contributed by atoms with E-state index in [1.165, 1.54) is 0 Å². The standard InChI is InChI=1S/C14H17ClN2O2.C9H9ClN2/c1-14(2,3)19-13(18)17-8-9-6-10-11(15)4-5-12(10)16-7-9;10-8-1-2-9-7(8)3-6(4-11)5-12-9/h4,6-7H,5,8H2,1-3H3,(H,17,18);1,3,5H,2,4,11H2. The first kappa shape index (κ1) is 23.3. The lowest BCUT2D eigenvalue weighted by atomic mass is 10.1. The predicted octanol–water partition coefficient (Wildman–Crippen LogP) is 4.92. The van der Waals surface area contributed by atoms with Crippen molar-refractivity contribution in [2.24, 2.45) is 5.73 Å². The van der Waals surface area contributed by atoms with Gasteiger partial charge in [-0.3, -0.25) is 9.97 Å². The van der Waals surface area contributed by atoms with Gasteiger partial charge < -0.3 is 15.8 Å². The zero-order valence-corrected chi connectivity index (χ0v) is 19.3. The summed E-state index contributed by atoms with van der Waals surface area (Å²) in [6.07, 6.45) is 8.65. The number of rotatable bonds is 3. The Labute approximate surface area is 192 Å². The van der Waals surface area contributed by atoms with Crippen molar-refractivity contribution in [2.45, 2.75) is 52.3 Å². The van der Waals surface area contributed by atoms with Crippen LogP contribution < -0.4 is 11.1 Å². The molecule has 0 unspecified atom stereocenters. The summed E-state index contributed by atoms with van der Waals surface area (Å²) in [5, 5.41) is 4.22. The summed E-state index contributed by atoms with van der Waals surface area (Å²) >= 11 is 12.0. The number of alkyl carbamates (subject to hydrolysis) is 1. The molecular formula is C23H26Cl2N4O2. The van der Waals surface area contributed by atoms with Crippen LogP contribution in [0, 0.1) is 0 Å². The smallest absolute Gasteiger partial charge is 0.407 e. The van der Waals surface area contributed by atoms with E-state index in [1.54, 1.807) is 6.20 Å². The minimum absolute atomic E-state index is 0.374. The molecule has 164 valence electrons. The van der Waals surface area contributed by atoms with E-state index in [0.29, 0.717) is 13.1 Å². The molecule has 2 aliphatic carbocycles. The molecule has 8 heteroatoms. The zero-order chi connectivity index (χ0) is 22.6. The van der Waals surface area contributed by atoms with Crippen LogP contribution in [0.3, 0.4) is 0 Å². The first-order chi connectivity index (χ1) is 14.7. The highest BCUT2D eigenvalue weighted by Gasteiger charge is 2.17. The third-order valence-electron chi connectivity index (χ3n) is 4.59. The highest BCUT2D eigenvalue weighted by Crippen LogP contribution is 2.30. The van der Waals surface area contributed by atoms with Gasteiger partial charge in [0, 0.05) is 59.5 Å². The topological polar surface area (TPSA) is 90.1 Å². The minimum atomic E-state index is -0.494. The van der Waals surface area contributed by atoms with E-state index < -0.39 is 11.7 Å². The largest absolute Gasteiger partial charge is 0.444 e. The number of allylic oxidation sites excluding steroid dienone is 2. The molecule has 0 radical (unpaired) electrons. The van der Waals surface area contributed by atoms with Crippen LogP contribution in [-0.2, 0) is 30.7 Å². The average Bonchev–Trinajstić information content (AvgIpc) is 3.28. The Balaban J connectivity index is 0.000000194. The lowest BCUT2D eigenvalue weighted by Crippen LogP contribution is -2.32. The Kier molecular flexibility index (Phi) is 7.36. The Bertz CT molecular complexity index is 1040. The van der Waals surface area contributed by atoms with Gasteiger partial charge in [0.05, 0.1) is 11.4 Å². The number of aromatic nitrogens is 2. The molecule has 4 rings (SSSR count). The molecule has 1 amide bonds. The van der Waals surface area contributed by atoms with Crippen molar-refractivity contribution in [1.82, 2.24) is 15.3 Å². The van der Waals surface area contributed by atoms with Gasteiger partial charge in [-0.05, 0) is 44.0 Å². The van der Waals surface area contributed by atoms with E-state index in [4.69, 9.17) is 33.7 Å². The number of amides is 1. The second-order valence-corrected chi connectivity index (χ2v) is 9.06. The number of fused-ring (bicyclic) bond motifs is 2. The van der Waals surface area contributed by atoms with Crippen LogP contribution in [0.5, 0.6) is 0 Å². The van der Waals surface area contributed by atoms with E-state index >= 15 is 0 Å². The molecule has 0 saturated carbocycles. The number of carbonyl (C=O) groups is 1. The van der Waals surface area contributed by atoms with Crippen molar-refractivity contribution in [1.29, 1.82) is 0 Å². The van der Waals surface area contributed by atoms with Gasteiger partial charge in [-0.1, -0.05) is 35.4 Å². The van der Waals surface area contributed by atoms with Gasteiger partial charge in [0.2, 0.25) is 0 Å². The summed E-state index contributed by atoms with van der Waals surface area (Å²) in [4.78, 5) is 20.1. The predicted molar refractivity (Wildman–Crippen MR) is 125 cm³/mol. The fourth-order valence-electron chi connectivity index (χ4n) is 3.10. The number of carbonyl (C=O) groups excluding carboxylic acids is 1. The molecule has 0 spiro atoms. The molecule has 0 aliphatic heterocycles. The summed E-state index contributed by atoms with van der Waals surface area (Å²) in [6.45, 7) is 6.38. The molecule has 6 nitrogen and oxygen atoms in total. The van der Waals surface area contributed by atoms with Gasteiger partial charge in [0.1, 0.15) is 5.60 Å². The molecule has 0 aromatic carbocycles. The molecule has 2 heterocycles. The number of ether oxygens (including phenoxy) is 1. The summed E-state index contributed by atoms with van der Waals surface area (Å²) in [5.74, 6) is 0. The van der Waals surface area contributed by atoms with Crippen molar-refractivity contribution in [2.75, 3.05) is 0 Å². The third kappa shape index (κ3) is 6.29. The molecule has 2 aromatic heterocycles. The van der Waals surface area contributed by atoms with Crippen LogP contribution in [-0.4, -0.2) is 21.7 Å². The summed E-state index contributed by atoms with van der Waals surface area (Å²) in [5.41, 5.74) is 10.9. The lowest BCUT2D eigenvalue weighted by molar-refractivity contribution is 0.0523. The molecular weight excluding hydrogens is 435 g/mol. The van der Waals surface area contributed by atoms with Crippen LogP contribution >= 0.6 is 23.2 Å². The average molecular weight is 461 g/mol. The summed E-state index contributed by atoms with van der Waals surface area (Å²) < 4.78 is 5.17. The lowest BCUT2D eigenvalue weighted by Gasteiger charge is -2.19. The number of hydrogen-bond donors (Lipinski definition) is 2. The maximum atomic E-state index is 11.5. The molecule has 0 bridgehead atoms. The quantitative estimate of drug-likeness (QED) is 0.678. The van der Waals surface area contributed by atoms with E-state index in [9.17, 15) is 4.79 Å². The van der Waals surface area contributed by atoms with Crippen LogP contribution in [0.2, 0.25) is 0 Å². The van der Waals surface area contributed by atoms with Crippen LogP contribution in [0.1, 0.15) is 54.4 Å². The van der Waals surface area contributed by atoms with E-state index in [-0.39, 0.29) is 0 Å². The van der Waals surface area contributed by atoms with Crippen molar-refractivity contribution >= 4 is 39.4 Å². The van der Waals surface area contributed by atoms with Crippen LogP contribution in [0.25, 0.3) is 10.1 Å². The molecule has 3 N–H and O–H groups in total. The van der Waals surface area contributed by atoms with Gasteiger partial charge in [-0.2, -0.15) is 0 Å². The van der Waals surface area contributed by atoms with Crippen molar-refractivity contribution in [3.63, 3.8) is 0 Å². The monoisotopic (exact) mass is 460 g/mol. The van der Waals surface area contributed by atoms with Crippen molar-refractivity contribution in [3.8, 4) is 0 Å². The van der Waals surface area contributed by atoms with E-state index in [2.05, 4.69) is 15.3 Å². The van der Waals surface area contributed by atoms with Crippen molar-refractivity contribution in [3.05, 3.63) is 70.3 Å². The number of pyridine rings is 2. The number of nitrogens with two attached hydrogens (primary N) is 1. The molecule has 31 heavy (non-hydrogen) atoms. The Morgan fingerprint density at radius 3 is 2.06 bits per heavy atom. The molecule has 0 fully saturated rings. The highest BCUT2D eigenvalue weighted by molar-refractivity contribution is 6.49. The zero-order valence-electron chi connectivity index (χ0n) is 17.8. The summed E-state index contributed by atoms with van der Waals surface area (Å²) in [6, 6.07) is 3.96. The maximum absolute atomic E-state index is 11.5. The maximum Gasteiger partial charge on any atom is 0.407 e. The number of nitrogens with zero attached hydrogens (tertiary/aromatic N) is 2. The molecule has 0 atom stereocenters. The second-order valence-electron chi connectivity index (χ2n) is 8.25. The number of hydrogen-bond acceptors (Lipinski definition) is 5. The highest BCUT2D eigenvalue weighted by atomic mass is 35.5. The normalized spacial score (nSPS) is 14.0. The molecule has 2 aliphatic rings. The van der Waals surface area contributed by atoms with Crippen molar-refractivity contribution < 1.29 is 9.53 Å².